The minimum absolute atomic E-state index is 0.0282. The van der Waals surface area contributed by atoms with E-state index in [2.05, 4.69) is 0 Å². The van der Waals surface area contributed by atoms with E-state index in [-0.39, 0.29) is 11.7 Å². The summed E-state index contributed by atoms with van der Waals surface area (Å²) >= 11 is 0. The van der Waals surface area contributed by atoms with Crippen LogP contribution in [0.3, 0.4) is 0 Å². The number of hydrogen-bond donors (Lipinski definition) is 2. The van der Waals surface area contributed by atoms with Crippen molar-refractivity contribution in [3.05, 3.63) is 0 Å². The normalized spacial score (nSPS) is 22.3. The molecule has 0 amide bonds. The van der Waals surface area contributed by atoms with Gasteiger partial charge in [-0.2, -0.15) is 0 Å². The van der Waals surface area contributed by atoms with Gasteiger partial charge in [-0.05, 0) is 31.6 Å². The predicted molar refractivity (Wildman–Crippen MR) is 68.8 cm³/mol. The van der Waals surface area contributed by atoms with Crippen LogP contribution in [-0.4, -0.2) is 29.9 Å². The molecule has 1 fully saturated rings. The number of nitrogens with two attached hydrogens (primary N) is 2. The van der Waals surface area contributed by atoms with Crippen molar-refractivity contribution in [3.63, 3.8) is 0 Å². The molecule has 1 saturated carbocycles. The molecule has 18 heavy (non-hydrogen) atoms. The van der Waals surface area contributed by atoms with Crippen LogP contribution < -0.4 is 11.5 Å². The molecule has 5 nitrogen and oxygen atoms in total. The summed E-state index contributed by atoms with van der Waals surface area (Å²) in [6, 6.07) is -1.42. The molecule has 1 unspecified atom stereocenters. The fraction of sp³-hybridized carbons (Fsp3) is 0.846. The number of ketones is 1. The number of Topliss-reactive ketones (excluding diaryl/α,β-unsaturated/α-hetero) is 1. The summed E-state index contributed by atoms with van der Waals surface area (Å²) in [4.78, 5) is 22.9. The van der Waals surface area contributed by atoms with Gasteiger partial charge in [0.15, 0.2) is 5.78 Å². The highest BCUT2D eigenvalue weighted by atomic mass is 16.5. The molecule has 1 aliphatic carbocycles. The van der Waals surface area contributed by atoms with E-state index in [9.17, 15) is 9.59 Å². The molecule has 0 bridgehead atoms. The van der Waals surface area contributed by atoms with Crippen molar-refractivity contribution in [2.75, 3.05) is 0 Å². The molecular formula is C13H24N2O3. The molecule has 0 aromatic rings. The largest absolute Gasteiger partial charge is 0.459 e. The molecule has 0 aliphatic heterocycles. The first-order valence-electron chi connectivity index (χ1n) is 6.61. The quantitative estimate of drug-likeness (QED) is 0.683. The van der Waals surface area contributed by atoms with Gasteiger partial charge in [0.05, 0.1) is 6.04 Å². The Morgan fingerprint density at radius 3 is 2.22 bits per heavy atom. The second-order valence-electron chi connectivity index (χ2n) is 5.49. The first-order chi connectivity index (χ1) is 8.44. The van der Waals surface area contributed by atoms with E-state index in [0.717, 1.165) is 19.3 Å². The van der Waals surface area contributed by atoms with E-state index >= 15 is 0 Å². The highest BCUT2D eigenvalue weighted by molar-refractivity contribution is 5.90. The molecule has 0 heterocycles. The molecule has 5 heteroatoms. The van der Waals surface area contributed by atoms with E-state index in [1.165, 1.54) is 0 Å². The minimum atomic E-state index is -0.844. The van der Waals surface area contributed by atoms with Gasteiger partial charge in [0.25, 0.3) is 6.47 Å². The Hall–Kier alpha value is -0.940. The predicted octanol–water partition coefficient (Wildman–Crippen LogP) is 0.742. The van der Waals surface area contributed by atoms with Gasteiger partial charge in [-0.15, -0.1) is 0 Å². The van der Waals surface area contributed by atoms with Gasteiger partial charge >= 0.3 is 0 Å². The van der Waals surface area contributed by atoms with E-state index in [0.29, 0.717) is 19.3 Å². The Labute approximate surface area is 108 Å². The lowest BCUT2D eigenvalue weighted by Gasteiger charge is -2.40. The standard InChI is InChI=1S/C13H24N2O3/c1-9(2)10(14)11(17)12(15)13(18-8-16)6-4-3-5-7-13/h8-10,12H,3-7,14-15H2,1-2H3/t10-,12?/m0/s1. The topological polar surface area (TPSA) is 95.4 Å². The van der Waals surface area contributed by atoms with Gasteiger partial charge in [-0.1, -0.05) is 20.3 Å². The molecule has 1 aliphatic rings. The first-order valence-corrected chi connectivity index (χ1v) is 6.61. The summed E-state index contributed by atoms with van der Waals surface area (Å²) in [6.45, 7) is 4.16. The smallest absolute Gasteiger partial charge is 0.293 e. The lowest BCUT2D eigenvalue weighted by molar-refractivity contribution is -0.154. The number of hydrogen-bond acceptors (Lipinski definition) is 5. The van der Waals surface area contributed by atoms with Crippen molar-refractivity contribution in [3.8, 4) is 0 Å². The van der Waals surface area contributed by atoms with Crippen LogP contribution in [0, 0.1) is 5.92 Å². The summed E-state index contributed by atoms with van der Waals surface area (Å²) in [6.07, 6.45) is 4.21. The van der Waals surface area contributed by atoms with Gasteiger partial charge in [-0.25, -0.2) is 0 Å². The third-order valence-electron chi connectivity index (χ3n) is 3.90. The Morgan fingerprint density at radius 1 is 1.22 bits per heavy atom. The Balaban J connectivity index is 2.84. The van der Waals surface area contributed by atoms with Crippen LogP contribution in [-0.2, 0) is 14.3 Å². The van der Waals surface area contributed by atoms with Gasteiger partial charge < -0.3 is 16.2 Å². The fourth-order valence-electron chi connectivity index (χ4n) is 2.54. The molecule has 2 atom stereocenters. The Kier molecular flexibility index (Phi) is 5.28. The molecule has 0 aromatic heterocycles. The molecule has 104 valence electrons. The zero-order valence-electron chi connectivity index (χ0n) is 11.2. The van der Waals surface area contributed by atoms with E-state index in [1.54, 1.807) is 0 Å². The van der Waals surface area contributed by atoms with Crippen molar-refractivity contribution in [2.45, 2.75) is 63.6 Å². The van der Waals surface area contributed by atoms with Crippen LogP contribution in [0.2, 0.25) is 0 Å². The molecule has 4 N–H and O–H groups in total. The monoisotopic (exact) mass is 256 g/mol. The van der Waals surface area contributed by atoms with Crippen molar-refractivity contribution in [1.29, 1.82) is 0 Å². The maximum atomic E-state index is 12.2. The maximum absolute atomic E-state index is 12.2. The average molecular weight is 256 g/mol. The van der Waals surface area contributed by atoms with Gasteiger partial charge in [-0.3, -0.25) is 9.59 Å². The van der Waals surface area contributed by atoms with Crippen molar-refractivity contribution in [2.24, 2.45) is 17.4 Å². The lowest BCUT2D eigenvalue weighted by atomic mass is 9.76. The number of ether oxygens (including phenoxy) is 1. The van der Waals surface area contributed by atoms with Gasteiger partial charge in [0, 0.05) is 0 Å². The molecule has 0 radical (unpaired) electrons. The van der Waals surface area contributed by atoms with Crippen molar-refractivity contribution < 1.29 is 14.3 Å². The highest BCUT2D eigenvalue weighted by Gasteiger charge is 2.45. The summed E-state index contributed by atoms with van der Waals surface area (Å²) < 4.78 is 5.20. The highest BCUT2D eigenvalue weighted by Crippen LogP contribution is 2.34. The van der Waals surface area contributed by atoms with E-state index in [4.69, 9.17) is 16.2 Å². The maximum Gasteiger partial charge on any atom is 0.293 e. The Bertz CT molecular complexity index is 299. The van der Waals surface area contributed by atoms with Crippen molar-refractivity contribution in [1.82, 2.24) is 0 Å². The number of carbonyl (C=O) groups is 2. The van der Waals surface area contributed by atoms with Crippen LogP contribution in [0.1, 0.15) is 46.0 Å². The lowest BCUT2D eigenvalue weighted by Crippen LogP contribution is -2.60. The second kappa shape index (κ2) is 6.29. The zero-order chi connectivity index (χ0) is 13.8. The third-order valence-corrected chi connectivity index (χ3v) is 3.90. The average Bonchev–Trinajstić information content (AvgIpc) is 2.37. The molecule has 0 saturated heterocycles. The molecule has 0 aromatic carbocycles. The molecule has 0 spiro atoms. The van der Waals surface area contributed by atoms with Crippen molar-refractivity contribution >= 4 is 12.3 Å². The summed E-state index contributed by atoms with van der Waals surface area (Å²) in [7, 11) is 0. The number of rotatable bonds is 6. The van der Waals surface area contributed by atoms with Crippen LogP contribution in [0.15, 0.2) is 0 Å². The fourth-order valence-corrected chi connectivity index (χ4v) is 2.54. The van der Waals surface area contributed by atoms with E-state index < -0.39 is 17.7 Å². The minimum Gasteiger partial charge on any atom is -0.459 e. The summed E-state index contributed by atoms with van der Waals surface area (Å²) in [5.74, 6) is -0.186. The zero-order valence-corrected chi connectivity index (χ0v) is 11.2. The van der Waals surface area contributed by atoms with Crippen LogP contribution in [0.25, 0.3) is 0 Å². The van der Waals surface area contributed by atoms with Crippen LogP contribution in [0.4, 0.5) is 0 Å². The number of carbonyl (C=O) groups excluding carboxylic acids is 2. The van der Waals surface area contributed by atoms with E-state index in [1.807, 2.05) is 13.8 Å². The van der Waals surface area contributed by atoms with Crippen LogP contribution in [0.5, 0.6) is 0 Å². The van der Waals surface area contributed by atoms with Crippen LogP contribution >= 0.6 is 0 Å². The summed E-state index contributed by atoms with van der Waals surface area (Å²) in [5.41, 5.74) is 11.0. The second-order valence-corrected chi connectivity index (χ2v) is 5.49. The first kappa shape index (κ1) is 15.1. The molecular weight excluding hydrogens is 232 g/mol. The molecule has 1 rings (SSSR count). The third kappa shape index (κ3) is 3.09. The van der Waals surface area contributed by atoms with Gasteiger partial charge in [0.1, 0.15) is 11.6 Å². The van der Waals surface area contributed by atoms with Gasteiger partial charge in [0.2, 0.25) is 0 Å². The summed E-state index contributed by atoms with van der Waals surface area (Å²) in [5, 5.41) is 0. The Morgan fingerprint density at radius 2 is 1.78 bits per heavy atom. The SMILES string of the molecule is CC(C)[C@H](N)C(=O)C(N)C1(OC=O)CCCCC1.